The number of hydrogen-bond acceptors (Lipinski definition) is 3. The minimum Gasteiger partial charge on any atom is -0.392 e. The molecule has 1 aliphatic heterocycles. The highest BCUT2D eigenvalue weighted by molar-refractivity contribution is 6.04. The lowest BCUT2D eigenvalue weighted by molar-refractivity contribution is -0.116. The number of rotatable bonds is 3. The molecule has 3 N–H and O–H groups in total. The molecule has 0 radical (unpaired) electrons. The second-order valence-corrected chi connectivity index (χ2v) is 4.66. The van der Waals surface area contributed by atoms with E-state index in [4.69, 9.17) is 5.11 Å². The molecule has 5 heteroatoms. The summed E-state index contributed by atoms with van der Waals surface area (Å²) in [4.78, 5) is 12.0. The molecule has 1 aliphatic rings. The number of aliphatic hydroxyl groups is 1. The summed E-state index contributed by atoms with van der Waals surface area (Å²) in [5.74, 6) is -0.601. The number of nitrogens with one attached hydrogen (secondary N) is 2. The van der Waals surface area contributed by atoms with Gasteiger partial charge in [0.25, 0.3) is 5.91 Å². The first-order valence-electron chi connectivity index (χ1n) is 6.24. The van der Waals surface area contributed by atoms with Gasteiger partial charge >= 0.3 is 0 Å². The van der Waals surface area contributed by atoms with Crippen LogP contribution >= 0.6 is 0 Å². The van der Waals surface area contributed by atoms with E-state index in [2.05, 4.69) is 10.6 Å². The molecule has 0 aromatic heterocycles. The third-order valence-electron chi connectivity index (χ3n) is 3.27. The van der Waals surface area contributed by atoms with E-state index in [-0.39, 0.29) is 18.3 Å². The van der Waals surface area contributed by atoms with Crippen LogP contribution in [0, 0.1) is 5.82 Å². The zero-order valence-corrected chi connectivity index (χ0v) is 10.6. The number of amides is 1. The predicted molar refractivity (Wildman–Crippen MR) is 73.8 cm³/mol. The number of halogens is 1. The molecule has 20 heavy (non-hydrogen) atoms. The van der Waals surface area contributed by atoms with Crippen LogP contribution in [0.15, 0.2) is 42.5 Å². The Morgan fingerprint density at radius 2 is 2.10 bits per heavy atom. The average Bonchev–Trinajstić information content (AvgIpc) is 2.75. The van der Waals surface area contributed by atoms with Gasteiger partial charge in [-0.05, 0) is 35.9 Å². The number of carbonyl (C=O) groups is 1. The zero-order chi connectivity index (χ0) is 14.1. The minimum absolute atomic E-state index is 0.0718. The van der Waals surface area contributed by atoms with Crippen molar-refractivity contribution in [2.45, 2.75) is 12.6 Å². The monoisotopic (exact) mass is 272 g/mol. The normalized spacial score (nSPS) is 16.7. The second-order valence-electron chi connectivity index (χ2n) is 4.66. The van der Waals surface area contributed by atoms with E-state index in [1.165, 1.54) is 12.1 Å². The summed E-state index contributed by atoms with van der Waals surface area (Å²) in [5, 5.41) is 14.9. The molecule has 0 spiro atoms. The van der Waals surface area contributed by atoms with Gasteiger partial charge in [0, 0.05) is 16.9 Å². The summed E-state index contributed by atoms with van der Waals surface area (Å²) in [6.45, 7) is -0.0718. The van der Waals surface area contributed by atoms with Crippen LogP contribution in [0.2, 0.25) is 0 Å². The van der Waals surface area contributed by atoms with Crippen molar-refractivity contribution in [2.24, 2.45) is 0 Å². The lowest BCUT2D eigenvalue weighted by atomic mass is 10.1. The first-order chi connectivity index (χ1) is 9.67. The molecule has 2 aromatic rings. The zero-order valence-electron chi connectivity index (χ0n) is 10.6. The molecule has 0 saturated heterocycles. The lowest BCUT2D eigenvalue weighted by Gasteiger charge is -2.13. The van der Waals surface area contributed by atoms with Gasteiger partial charge in [-0.1, -0.05) is 12.1 Å². The van der Waals surface area contributed by atoms with Gasteiger partial charge in [-0.15, -0.1) is 0 Å². The standard InChI is InChI=1S/C15H13FN2O2/c16-10-4-5-13-12(7-10)14(15(20)18-13)17-11-3-1-2-9(6-11)8-19/h1-7,14,17,19H,8H2,(H,18,20). The van der Waals surface area contributed by atoms with E-state index < -0.39 is 6.04 Å². The van der Waals surface area contributed by atoms with E-state index in [9.17, 15) is 9.18 Å². The first kappa shape index (κ1) is 12.6. The molecular weight excluding hydrogens is 259 g/mol. The maximum atomic E-state index is 13.3. The van der Waals surface area contributed by atoms with Crippen molar-refractivity contribution < 1.29 is 14.3 Å². The Morgan fingerprint density at radius 1 is 1.25 bits per heavy atom. The van der Waals surface area contributed by atoms with Crippen LogP contribution in [0.25, 0.3) is 0 Å². The summed E-state index contributed by atoms with van der Waals surface area (Å²) in [6, 6.07) is 10.7. The van der Waals surface area contributed by atoms with Crippen molar-refractivity contribution in [1.29, 1.82) is 0 Å². The molecule has 1 atom stereocenters. The van der Waals surface area contributed by atoms with Crippen LogP contribution in [0.5, 0.6) is 0 Å². The fourth-order valence-electron chi connectivity index (χ4n) is 2.30. The van der Waals surface area contributed by atoms with Crippen molar-refractivity contribution in [1.82, 2.24) is 0 Å². The summed E-state index contributed by atoms with van der Waals surface area (Å²) < 4.78 is 13.3. The van der Waals surface area contributed by atoms with Gasteiger partial charge in [0.2, 0.25) is 0 Å². The fraction of sp³-hybridized carbons (Fsp3) is 0.133. The van der Waals surface area contributed by atoms with Crippen molar-refractivity contribution in [3.63, 3.8) is 0 Å². The van der Waals surface area contributed by atoms with E-state index in [1.54, 1.807) is 30.3 Å². The number of anilines is 2. The number of benzene rings is 2. The molecule has 4 nitrogen and oxygen atoms in total. The Hall–Kier alpha value is -2.40. The third kappa shape index (κ3) is 2.23. The van der Waals surface area contributed by atoms with Gasteiger partial charge in [-0.2, -0.15) is 0 Å². The van der Waals surface area contributed by atoms with E-state index in [0.717, 1.165) is 5.56 Å². The molecule has 0 fully saturated rings. The van der Waals surface area contributed by atoms with Crippen molar-refractivity contribution >= 4 is 17.3 Å². The highest BCUT2D eigenvalue weighted by Crippen LogP contribution is 2.33. The van der Waals surface area contributed by atoms with Crippen LogP contribution in [0.3, 0.4) is 0 Å². The Morgan fingerprint density at radius 3 is 2.90 bits per heavy atom. The Kier molecular flexibility index (Phi) is 3.12. The van der Waals surface area contributed by atoms with E-state index in [0.29, 0.717) is 16.9 Å². The molecule has 3 rings (SSSR count). The first-order valence-corrected chi connectivity index (χ1v) is 6.24. The summed E-state index contributed by atoms with van der Waals surface area (Å²) in [7, 11) is 0. The maximum absolute atomic E-state index is 13.3. The Labute approximate surface area is 115 Å². The summed E-state index contributed by atoms with van der Waals surface area (Å²) in [6.07, 6.45) is 0. The quantitative estimate of drug-likeness (QED) is 0.804. The molecule has 102 valence electrons. The molecular formula is C15H13FN2O2. The molecule has 2 aromatic carbocycles. The smallest absolute Gasteiger partial charge is 0.251 e. The number of fused-ring (bicyclic) bond motifs is 1. The van der Waals surface area contributed by atoms with Crippen molar-refractivity contribution in [3.05, 3.63) is 59.4 Å². The van der Waals surface area contributed by atoms with Gasteiger partial charge in [-0.25, -0.2) is 4.39 Å². The van der Waals surface area contributed by atoms with Gasteiger partial charge in [0.1, 0.15) is 11.9 Å². The van der Waals surface area contributed by atoms with E-state index >= 15 is 0 Å². The van der Waals surface area contributed by atoms with Crippen molar-refractivity contribution in [3.8, 4) is 0 Å². The van der Waals surface area contributed by atoms with Gasteiger partial charge < -0.3 is 15.7 Å². The van der Waals surface area contributed by atoms with Crippen LogP contribution in [0.4, 0.5) is 15.8 Å². The molecule has 0 bridgehead atoms. The largest absolute Gasteiger partial charge is 0.392 e. The molecule has 1 heterocycles. The molecule has 1 amide bonds. The maximum Gasteiger partial charge on any atom is 0.251 e. The van der Waals surface area contributed by atoms with Crippen LogP contribution in [-0.4, -0.2) is 11.0 Å². The SMILES string of the molecule is O=C1Nc2ccc(F)cc2C1Nc1cccc(CO)c1. The third-order valence-corrected chi connectivity index (χ3v) is 3.27. The predicted octanol–water partition coefficient (Wildman–Crippen LogP) is 2.42. The van der Waals surface area contributed by atoms with Gasteiger partial charge in [0.15, 0.2) is 0 Å². The summed E-state index contributed by atoms with van der Waals surface area (Å²) in [5.41, 5.74) is 2.65. The van der Waals surface area contributed by atoms with Crippen molar-refractivity contribution in [2.75, 3.05) is 10.6 Å². The van der Waals surface area contributed by atoms with E-state index in [1.807, 2.05) is 0 Å². The van der Waals surface area contributed by atoms with Crippen LogP contribution in [0.1, 0.15) is 17.2 Å². The highest BCUT2D eigenvalue weighted by Gasteiger charge is 2.30. The van der Waals surface area contributed by atoms with Gasteiger partial charge in [-0.3, -0.25) is 4.79 Å². The second kappa shape index (κ2) is 4.94. The topological polar surface area (TPSA) is 61.4 Å². The molecule has 1 unspecified atom stereocenters. The fourth-order valence-corrected chi connectivity index (χ4v) is 2.30. The van der Waals surface area contributed by atoms with Gasteiger partial charge in [0.05, 0.1) is 6.61 Å². The Balaban J connectivity index is 1.91. The molecule has 0 aliphatic carbocycles. The van der Waals surface area contributed by atoms with Crippen LogP contribution < -0.4 is 10.6 Å². The lowest BCUT2D eigenvalue weighted by Crippen LogP contribution is -2.19. The average molecular weight is 272 g/mol. The van der Waals surface area contributed by atoms with Crippen LogP contribution in [-0.2, 0) is 11.4 Å². The number of hydrogen-bond donors (Lipinski definition) is 3. The minimum atomic E-state index is -0.630. The number of carbonyl (C=O) groups excluding carboxylic acids is 1. The summed E-state index contributed by atoms with van der Waals surface area (Å²) >= 11 is 0. The number of aliphatic hydroxyl groups excluding tert-OH is 1. The molecule has 0 saturated carbocycles. The highest BCUT2D eigenvalue weighted by atomic mass is 19.1. The Bertz CT molecular complexity index is 673.